The van der Waals surface area contributed by atoms with Crippen molar-refractivity contribution in [3.05, 3.63) is 42.1 Å². The van der Waals surface area contributed by atoms with E-state index in [1.165, 1.54) is 24.9 Å². The highest BCUT2D eigenvalue weighted by Crippen LogP contribution is 2.20. The van der Waals surface area contributed by atoms with Crippen LogP contribution in [0, 0.1) is 0 Å². The van der Waals surface area contributed by atoms with Gasteiger partial charge >= 0.3 is 0 Å². The number of nitrogens with zero attached hydrogens (tertiary/aromatic N) is 4. The molecule has 1 unspecified atom stereocenters. The van der Waals surface area contributed by atoms with Crippen molar-refractivity contribution in [1.29, 1.82) is 0 Å². The smallest absolute Gasteiger partial charge is 0.117 e. The van der Waals surface area contributed by atoms with E-state index in [-0.39, 0.29) is 0 Å². The summed E-state index contributed by atoms with van der Waals surface area (Å²) >= 11 is 0. The molecule has 0 aromatic carbocycles. The van der Waals surface area contributed by atoms with E-state index < -0.39 is 0 Å². The largest absolute Gasteiger partial charge is 0.468 e. The molecule has 0 spiro atoms. The van der Waals surface area contributed by atoms with Crippen LogP contribution in [0.1, 0.15) is 31.1 Å². The standard InChI is InChI=1S/C17H26N4O/c1-3-21-8-4-6-16(21)13-20(14-17-7-5-9-22-17)12-15-10-18-19(2)11-15/h5,7,9-11,16H,3-4,6,8,12-14H2,1-2H3. The van der Waals surface area contributed by atoms with Crippen LogP contribution < -0.4 is 0 Å². The molecular weight excluding hydrogens is 276 g/mol. The Bertz CT molecular complexity index is 563. The van der Waals surface area contributed by atoms with E-state index >= 15 is 0 Å². The third-order valence-corrected chi connectivity index (χ3v) is 4.50. The molecule has 120 valence electrons. The minimum Gasteiger partial charge on any atom is -0.468 e. The van der Waals surface area contributed by atoms with E-state index in [1.807, 2.05) is 24.0 Å². The Labute approximate surface area is 132 Å². The van der Waals surface area contributed by atoms with Gasteiger partial charge in [-0.1, -0.05) is 6.92 Å². The van der Waals surface area contributed by atoms with Crippen LogP contribution in [0.5, 0.6) is 0 Å². The first-order chi connectivity index (χ1) is 10.7. The fraction of sp³-hybridized carbons (Fsp3) is 0.588. The molecule has 0 saturated carbocycles. The van der Waals surface area contributed by atoms with Crippen LogP contribution in [0.15, 0.2) is 35.2 Å². The van der Waals surface area contributed by atoms with Gasteiger partial charge in [-0.2, -0.15) is 5.10 Å². The molecule has 0 radical (unpaired) electrons. The number of furan rings is 1. The average Bonchev–Trinajstić information content (AvgIpc) is 3.22. The third kappa shape index (κ3) is 3.78. The molecule has 1 fully saturated rings. The first-order valence-electron chi connectivity index (χ1n) is 8.21. The number of aryl methyl sites for hydroxylation is 1. The van der Waals surface area contributed by atoms with E-state index in [1.54, 1.807) is 6.26 Å². The van der Waals surface area contributed by atoms with E-state index in [9.17, 15) is 0 Å². The summed E-state index contributed by atoms with van der Waals surface area (Å²) < 4.78 is 7.42. The number of likely N-dealkylation sites (tertiary alicyclic amines) is 1. The van der Waals surface area contributed by atoms with Crippen LogP contribution in [0.25, 0.3) is 0 Å². The molecule has 0 aliphatic carbocycles. The van der Waals surface area contributed by atoms with Gasteiger partial charge in [0.2, 0.25) is 0 Å². The summed E-state index contributed by atoms with van der Waals surface area (Å²) in [5.41, 5.74) is 1.26. The van der Waals surface area contributed by atoms with Crippen molar-refractivity contribution in [2.24, 2.45) is 7.05 Å². The zero-order chi connectivity index (χ0) is 15.4. The maximum absolute atomic E-state index is 5.55. The zero-order valence-corrected chi connectivity index (χ0v) is 13.6. The summed E-state index contributed by atoms with van der Waals surface area (Å²) in [7, 11) is 1.97. The summed E-state index contributed by atoms with van der Waals surface area (Å²) in [4.78, 5) is 5.08. The summed E-state index contributed by atoms with van der Waals surface area (Å²) in [5.74, 6) is 1.03. The summed E-state index contributed by atoms with van der Waals surface area (Å²) in [5, 5.41) is 4.29. The highest BCUT2D eigenvalue weighted by atomic mass is 16.3. The van der Waals surface area contributed by atoms with Crippen LogP contribution in [0.2, 0.25) is 0 Å². The maximum Gasteiger partial charge on any atom is 0.117 e. The van der Waals surface area contributed by atoms with Gasteiger partial charge in [0, 0.05) is 37.9 Å². The van der Waals surface area contributed by atoms with Crippen molar-refractivity contribution in [2.75, 3.05) is 19.6 Å². The Hall–Kier alpha value is -1.59. The molecule has 1 atom stereocenters. The zero-order valence-electron chi connectivity index (χ0n) is 13.6. The van der Waals surface area contributed by atoms with Gasteiger partial charge in [-0.3, -0.25) is 14.5 Å². The van der Waals surface area contributed by atoms with Gasteiger partial charge in [0.05, 0.1) is 19.0 Å². The van der Waals surface area contributed by atoms with Crippen molar-refractivity contribution < 1.29 is 4.42 Å². The molecular formula is C17H26N4O. The number of hydrogen-bond acceptors (Lipinski definition) is 4. The summed E-state index contributed by atoms with van der Waals surface area (Å²) in [6.07, 6.45) is 8.43. The molecule has 0 bridgehead atoms. The second-order valence-electron chi connectivity index (χ2n) is 6.20. The number of hydrogen-bond donors (Lipinski definition) is 0. The van der Waals surface area contributed by atoms with E-state index in [4.69, 9.17) is 4.42 Å². The predicted molar refractivity (Wildman–Crippen MR) is 86.3 cm³/mol. The molecule has 5 heteroatoms. The number of likely N-dealkylation sites (N-methyl/N-ethyl adjacent to an activating group) is 1. The fourth-order valence-electron chi connectivity index (χ4n) is 3.44. The first kappa shape index (κ1) is 15.3. The highest BCUT2D eigenvalue weighted by molar-refractivity contribution is 5.05. The molecule has 5 nitrogen and oxygen atoms in total. The molecule has 3 heterocycles. The van der Waals surface area contributed by atoms with Gasteiger partial charge in [-0.05, 0) is 38.1 Å². The van der Waals surface area contributed by atoms with Gasteiger partial charge in [0.1, 0.15) is 5.76 Å². The van der Waals surface area contributed by atoms with Gasteiger partial charge in [-0.25, -0.2) is 0 Å². The van der Waals surface area contributed by atoms with Crippen molar-refractivity contribution >= 4 is 0 Å². The van der Waals surface area contributed by atoms with Crippen LogP contribution in [-0.2, 0) is 20.1 Å². The molecule has 0 amide bonds. The van der Waals surface area contributed by atoms with Gasteiger partial charge < -0.3 is 4.42 Å². The average molecular weight is 302 g/mol. The van der Waals surface area contributed by atoms with Crippen molar-refractivity contribution in [3.63, 3.8) is 0 Å². The molecule has 1 aliphatic heterocycles. The quantitative estimate of drug-likeness (QED) is 0.787. The van der Waals surface area contributed by atoms with Crippen LogP contribution in [0.3, 0.4) is 0 Å². The lowest BCUT2D eigenvalue weighted by atomic mass is 10.2. The van der Waals surface area contributed by atoms with Crippen LogP contribution in [0.4, 0.5) is 0 Å². The predicted octanol–water partition coefficient (Wildman–Crippen LogP) is 2.50. The Morgan fingerprint density at radius 1 is 1.41 bits per heavy atom. The second-order valence-corrected chi connectivity index (χ2v) is 6.20. The van der Waals surface area contributed by atoms with Crippen molar-refractivity contribution in [1.82, 2.24) is 19.6 Å². The topological polar surface area (TPSA) is 37.4 Å². The van der Waals surface area contributed by atoms with Crippen molar-refractivity contribution in [3.8, 4) is 0 Å². The maximum atomic E-state index is 5.55. The fourth-order valence-corrected chi connectivity index (χ4v) is 3.44. The SMILES string of the molecule is CCN1CCCC1CN(Cc1cnn(C)c1)Cc1ccco1. The van der Waals surface area contributed by atoms with Crippen LogP contribution in [-0.4, -0.2) is 45.3 Å². The normalized spacial score (nSPS) is 19.3. The Morgan fingerprint density at radius 2 is 2.32 bits per heavy atom. The summed E-state index contributed by atoms with van der Waals surface area (Å²) in [6, 6.07) is 4.69. The highest BCUT2D eigenvalue weighted by Gasteiger charge is 2.25. The first-order valence-corrected chi connectivity index (χ1v) is 8.21. The van der Waals surface area contributed by atoms with E-state index in [0.717, 1.165) is 31.9 Å². The molecule has 1 aliphatic rings. The lowest BCUT2D eigenvalue weighted by molar-refractivity contribution is 0.158. The Balaban J connectivity index is 1.67. The molecule has 22 heavy (non-hydrogen) atoms. The second kappa shape index (κ2) is 7.11. The molecule has 2 aromatic heterocycles. The molecule has 0 N–H and O–H groups in total. The lowest BCUT2D eigenvalue weighted by Gasteiger charge is -2.29. The third-order valence-electron chi connectivity index (χ3n) is 4.50. The van der Waals surface area contributed by atoms with Gasteiger partial charge in [0.15, 0.2) is 0 Å². The molecule has 2 aromatic rings. The van der Waals surface area contributed by atoms with E-state index in [2.05, 4.69) is 34.1 Å². The lowest BCUT2D eigenvalue weighted by Crippen LogP contribution is -2.39. The minimum atomic E-state index is 0.664. The Morgan fingerprint density at radius 3 is 3.00 bits per heavy atom. The Kier molecular flexibility index (Phi) is 4.95. The number of rotatable bonds is 7. The molecule has 1 saturated heterocycles. The van der Waals surface area contributed by atoms with E-state index in [0.29, 0.717) is 6.04 Å². The summed E-state index contributed by atoms with van der Waals surface area (Å²) in [6.45, 7) is 7.51. The minimum absolute atomic E-state index is 0.664. The van der Waals surface area contributed by atoms with Gasteiger partial charge in [0.25, 0.3) is 0 Å². The van der Waals surface area contributed by atoms with Gasteiger partial charge in [-0.15, -0.1) is 0 Å². The van der Waals surface area contributed by atoms with Crippen molar-refractivity contribution in [2.45, 2.75) is 38.9 Å². The monoisotopic (exact) mass is 302 g/mol. The van der Waals surface area contributed by atoms with Crippen LogP contribution >= 0.6 is 0 Å². The number of aromatic nitrogens is 2. The molecule has 3 rings (SSSR count).